The Kier molecular flexibility index (Phi) is 8.18. The van der Waals surface area contributed by atoms with Crippen LogP contribution in [0.15, 0.2) is 0 Å². The maximum Gasteiger partial charge on any atom is 0.460 e. The highest BCUT2D eigenvalue weighted by atomic mass is 32.2. The predicted octanol–water partition coefficient (Wildman–Crippen LogP) is 4.38. The van der Waals surface area contributed by atoms with E-state index >= 15 is 0 Å². The van der Waals surface area contributed by atoms with Crippen LogP contribution in [-0.2, 0) is 33.9 Å². The molecule has 0 aliphatic heterocycles. The summed E-state index contributed by atoms with van der Waals surface area (Å²) in [6.45, 7) is 0. The Balaban J connectivity index is 6.05. The summed E-state index contributed by atoms with van der Waals surface area (Å²) in [7, 11) is -16.5. The van der Waals surface area contributed by atoms with Gasteiger partial charge < -0.3 is 0 Å². The zero-order chi connectivity index (χ0) is 29.1. The summed E-state index contributed by atoms with van der Waals surface area (Å²) in [4.78, 5) is 0. The molecule has 0 heterocycles. The van der Waals surface area contributed by atoms with Gasteiger partial charge in [-0.05, 0) is 5.04 Å². The van der Waals surface area contributed by atoms with Gasteiger partial charge in [-0.15, -0.1) is 0 Å². The van der Waals surface area contributed by atoms with Gasteiger partial charge in [-0.2, -0.15) is 95.9 Å². The zero-order valence-corrected chi connectivity index (χ0v) is 16.1. The van der Waals surface area contributed by atoms with E-state index in [0.717, 1.165) is 0 Å². The fraction of sp³-hybridized carbons (Fsp3) is 1.00. The Morgan fingerprint density at radius 2 is 0.571 bits per heavy atom. The molecule has 0 unspecified atom stereocenters. The fourth-order valence-electron chi connectivity index (χ4n) is 1.21. The van der Waals surface area contributed by atoms with E-state index < -0.39 is 66.8 Å². The molecule has 35 heavy (non-hydrogen) atoms. The number of alkyl halides is 18. The molecule has 212 valence electrons. The molecule has 0 saturated carbocycles. The van der Waals surface area contributed by atoms with Crippen molar-refractivity contribution in [2.45, 2.75) is 46.6 Å². The topological polar surface area (TPSA) is 96.0 Å². The Labute approximate surface area is 177 Å². The molecule has 0 N–H and O–H groups in total. The minimum absolute atomic E-state index is 1.84. The first-order chi connectivity index (χ1) is 14.7. The summed E-state index contributed by atoms with van der Waals surface area (Å²) < 4.78 is 272. The van der Waals surface area contributed by atoms with Crippen LogP contribution in [0.2, 0.25) is 0 Å². The molecule has 0 saturated heterocycles. The van der Waals surface area contributed by atoms with E-state index in [0.29, 0.717) is 0 Å². The van der Waals surface area contributed by atoms with E-state index in [1.54, 1.807) is 0 Å². The van der Waals surface area contributed by atoms with Gasteiger partial charge in [0.05, 0.1) is 0 Å². The molecule has 0 aromatic heterocycles. The molecular weight excluding hydrogens is 614 g/mol. The second-order valence-electron chi connectivity index (χ2n) is 5.44. The molecule has 7 nitrogen and oxygen atoms in total. The smallest absolute Gasteiger partial charge is 0.191 e. The van der Waals surface area contributed by atoms with Crippen LogP contribution in [-0.4, -0.2) is 63.4 Å². The van der Waals surface area contributed by atoms with Crippen LogP contribution >= 0.6 is 0 Å². The third kappa shape index (κ3) is 4.91. The van der Waals surface area contributed by atoms with Gasteiger partial charge in [0.1, 0.15) is 0 Å². The first-order valence-corrected chi connectivity index (χ1v) is 9.46. The van der Waals surface area contributed by atoms with Crippen LogP contribution < -0.4 is 0 Å². The number of rotatable bonds is 10. The van der Waals surface area contributed by atoms with Gasteiger partial charge in [-0.3, -0.25) is 0 Å². The SMILES string of the molecule is O=S(=O)(OOOS(=O)(=O)C(F)(F)C(F)(F)C(F)(F)C(F)(F)F)C(F)(F)C(F)(F)C(F)(F)C(F)(F)F. The van der Waals surface area contributed by atoms with Crippen molar-refractivity contribution in [2.75, 3.05) is 0 Å². The Morgan fingerprint density at radius 3 is 0.743 bits per heavy atom. The van der Waals surface area contributed by atoms with E-state index in [1.807, 2.05) is 13.7 Å². The molecule has 0 rings (SSSR count). The number of hydrogen-bond acceptors (Lipinski definition) is 7. The van der Waals surface area contributed by atoms with Crippen LogP contribution in [0.5, 0.6) is 0 Å². The third-order valence-electron chi connectivity index (χ3n) is 3.09. The normalized spacial score (nSPS) is 16.5. The molecule has 0 spiro atoms. The lowest BCUT2D eigenvalue weighted by Gasteiger charge is -2.32. The molecular formula is C8F18O7S2. The van der Waals surface area contributed by atoms with E-state index in [4.69, 9.17) is 0 Å². The van der Waals surface area contributed by atoms with Crippen LogP contribution in [0.25, 0.3) is 0 Å². The zero-order valence-electron chi connectivity index (χ0n) is 14.5. The maximum atomic E-state index is 13.1. The van der Waals surface area contributed by atoms with E-state index in [1.165, 1.54) is 0 Å². The van der Waals surface area contributed by atoms with E-state index in [-0.39, 0.29) is 0 Å². The molecule has 27 heteroatoms. The highest BCUT2D eigenvalue weighted by molar-refractivity contribution is 7.88. The van der Waals surface area contributed by atoms with Gasteiger partial charge in [0.15, 0.2) is 0 Å². The van der Waals surface area contributed by atoms with Crippen LogP contribution in [0.3, 0.4) is 0 Å². The van der Waals surface area contributed by atoms with Crippen molar-refractivity contribution in [1.29, 1.82) is 0 Å². The minimum atomic E-state index is -8.25. The molecule has 0 amide bonds. The van der Waals surface area contributed by atoms with Crippen molar-refractivity contribution < 1.29 is 110 Å². The van der Waals surface area contributed by atoms with Crippen molar-refractivity contribution in [3.05, 3.63) is 0 Å². The van der Waals surface area contributed by atoms with Crippen LogP contribution in [0.4, 0.5) is 79.0 Å². The predicted molar refractivity (Wildman–Crippen MR) is 62.9 cm³/mol. The quantitative estimate of drug-likeness (QED) is 0.205. The van der Waals surface area contributed by atoms with Crippen molar-refractivity contribution >= 4 is 20.2 Å². The lowest BCUT2D eigenvalue weighted by molar-refractivity contribution is -0.422. The Morgan fingerprint density at radius 1 is 0.371 bits per heavy atom. The first-order valence-electron chi connectivity index (χ1n) is 6.64. The second kappa shape index (κ2) is 8.54. The molecule has 0 atom stereocenters. The monoisotopic (exact) mass is 614 g/mol. The Bertz CT molecular complexity index is 911. The van der Waals surface area contributed by atoms with Crippen molar-refractivity contribution in [2.24, 2.45) is 0 Å². The summed E-state index contributed by atoms with van der Waals surface area (Å²) in [5, 5.41) is -13.9. The van der Waals surface area contributed by atoms with Crippen molar-refractivity contribution in [1.82, 2.24) is 0 Å². The van der Waals surface area contributed by atoms with Crippen LogP contribution in [0, 0.1) is 0 Å². The van der Waals surface area contributed by atoms with Gasteiger partial charge in [-0.1, -0.05) is 8.67 Å². The molecule has 0 fully saturated rings. The summed E-state index contributed by atoms with van der Waals surface area (Å²) in [6, 6.07) is 0. The maximum absolute atomic E-state index is 13.1. The molecule has 0 aliphatic carbocycles. The van der Waals surface area contributed by atoms with Gasteiger partial charge >= 0.3 is 66.8 Å². The standard InChI is InChI=1S/C8F18O7S2/c9-1(10,5(17,18)19)3(13,14)7(23,24)34(27,28)32-31-33-35(29,30)8(25,26)4(15,16)2(11,12)6(20,21)22. The van der Waals surface area contributed by atoms with E-state index in [9.17, 15) is 95.9 Å². The summed E-state index contributed by atoms with van der Waals surface area (Å²) >= 11 is 0. The molecule has 0 aromatic carbocycles. The van der Waals surface area contributed by atoms with Gasteiger partial charge in [-0.25, -0.2) is 0 Å². The first kappa shape index (κ1) is 33.5. The third-order valence-corrected chi connectivity index (χ3v) is 5.33. The lowest BCUT2D eigenvalue weighted by atomic mass is 10.1. The van der Waals surface area contributed by atoms with Crippen LogP contribution in [0.1, 0.15) is 0 Å². The van der Waals surface area contributed by atoms with Gasteiger partial charge in [0.25, 0.3) is 0 Å². The number of halogens is 18. The minimum Gasteiger partial charge on any atom is -0.191 e. The average molecular weight is 614 g/mol. The summed E-state index contributed by atoms with van der Waals surface area (Å²) in [6.07, 6.45) is -15.3. The fourth-order valence-corrected chi connectivity index (χ4v) is 2.50. The molecule has 0 bridgehead atoms. The summed E-state index contributed by atoms with van der Waals surface area (Å²) in [5.74, 6) is -32.1. The lowest BCUT2D eigenvalue weighted by Crippen LogP contribution is -2.63. The van der Waals surface area contributed by atoms with Gasteiger partial charge in [0.2, 0.25) is 0 Å². The van der Waals surface area contributed by atoms with E-state index in [2.05, 4.69) is 0 Å². The molecule has 0 aliphatic rings. The largest absolute Gasteiger partial charge is 0.460 e. The second-order valence-corrected chi connectivity index (χ2v) is 8.55. The Hall–Kier alpha value is -1.48. The number of hydrogen-bond donors (Lipinski definition) is 0. The van der Waals surface area contributed by atoms with Crippen molar-refractivity contribution in [3.63, 3.8) is 0 Å². The molecule has 0 radical (unpaired) electrons. The average Bonchev–Trinajstić information content (AvgIpc) is 2.58. The highest BCUT2D eigenvalue weighted by Gasteiger charge is 2.87. The van der Waals surface area contributed by atoms with Crippen molar-refractivity contribution in [3.8, 4) is 0 Å². The summed E-state index contributed by atoms with van der Waals surface area (Å²) in [5.41, 5.74) is 0. The van der Waals surface area contributed by atoms with Gasteiger partial charge in [0, 0.05) is 0 Å². The highest BCUT2D eigenvalue weighted by Crippen LogP contribution is 2.56. The molecule has 0 aromatic rings.